The summed E-state index contributed by atoms with van der Waals surface area (Å²) >= 11 is 1.39. The molecular formula is C17H17NO2S. The minimum Gasteiger partial charge on any atom is -0.449 e. The van der Waals surface area contributed by atoms with Crippen molar-refractivity contribution in [3.05, 3.63) is 39.8 Å². The summed E-state index contributed by atoms with van der Waals surface area (Å²) in [6, 6.07) is 6.11. The van der Waals surface area contributed by atoms with Crippen molar-refractivity contribution in [3.8, 4) is 23.5 Å². The molecule has 0 unspecified atom stereocenters. The first kappa shape index (κ1) is 15.1. The Hall–Kier alpha value is -2.25. The predicted molar refractivity (Wildman–Crippen MR) is 87.5 cm³/mol. The highest BCUT2D eigenvalue weighted by atomic mass is 32.1. The van der Waals surface area contributed by atoms with Crippen LogP contribution in [0.1, 0.15) is 26.4 Å². The molecule has 1 aromatic carbocycles. The van der Waals surface area contributed by atoms with Gasteiger partial charge in [0, 0.05) is 10.4 Å². The highest BCUT2D eigenvalue weighted by Crippen LogP contribution is 2.40. The molecule has 1 aromatic heterocycles. The summed E-state index contributed by atoms with van der Waals surface area (Å²) in [5, 5.41) is 0.462. The maximum atomic E-state index is 12.2. The van der Waals surface area contributed by atoms with Gasteiger partial charge in [-0.05, 0) is 31.9 Å². The number of nitrogen functional groups attached to an aromatic ring is 1. The largest absolute Gasteiger partial charge is 0.449 e. The Bertz CT molecular complexity index is 738. The number of terminal acetylenes is 1. The van der Waals surface area contributed by atoms with Crippen molar-refractivity contribution in [1.29, 1.82) is 0 Å². The van der Waals surface area contributed by atoms with Gasteiger partial charge in [0.05, 0.1) is 0 Å². The zero-order chi connectivity index (χ0) is 15.6. The second-order valence-corrected chi connectivity index (χ2v) is 6.13. The molecular weight excluding hydrogens is 282 g/mol. The van der Waals surface area contributed by atoms with Crippen LogP contribution in [0.25, 0.3) is 11.1 Å². The Morgan fingerprint density at radius 1 is 1.38 bits per heavy atom. The number of carbonyl (C=O) groups excluding carboxylic acids is 1. The van der Waals surface area contributed by atoms with Gasteiger partial charge in [-0.2, -0.15) is 0 Å². The average molecular weight is 299 g/mol. The molecule has 0 bridgehead atoms. The van der Waals surface area contributed by atoms with Gasteiger partial charge in [0.2, 0.25) is 0 Å². The Labute approximate surface area is 128 Å². The van der Waals surface area contributed by atoms with Gasteiger partial charge < -0.3 is 10.5 Å². The molecule has 108 valence electrons. The van der Waals surface area contributed by atoms with Crippen LogP contribution >= 0.6 is 11.3 Å². The second kappa shape index (κ2) is 6.02. The van der Waals surface area contributed by atoms with Crippen LogP contribution in [0.5, 0.6) is 0 Å². The van der Waals surface area contributed by atoms with Crippen LogP contribution in [-0.2, 0) is 4.74 Å². The van der Waals surface area contributed by atoms with E-state index < -0.39 is 5.97 Å². The lowest BCUT2D eigenvalue weighted by Crippen LogP contribution is -2.08. The quantitative estimate of drug-likeness (QED) is 0.694. The van der Waals surface area contributed by atoms with Crippen molar-refractivity contribution in [1.82, 2.24) is 0 Å². The summed E-state index contributed by atoms with van der Waals surface area (Å²) in [4.78, 5) is 13.2. The summed E-state index contributed by atoms with van der Waals surface area (Å²) in [5.41, 5.74) is 10.5. The van der Waals surface area contributed by atoms with Crippen molar-refractivity contribution in [2.75, 3.05) is 12.3 Å². The highest BCUT2D eigenvalue weighted by Gasteiger charge is 2.23. The fourth-order valence-corrected chi connectivity index (χ4v) is 3.30. The molecule has 0 aliphatic rings. The molecule has 2 aromatic rings. The Balaban J connectivity index is 2.58. The number of aryl methyl sites for hydroxylation is 3. The maximum Gasteiger partial charge on any atom is 0.342 e. The summed E-state index contributed by atoms with van der Waals surface area (Å²) in [6.07, 6.45) is 5.13. The van der Waals surface area contributed by atoms with Gasteiger partial charge in [-0.25, -0.2) is 4.79 Å². The molecule has 0 saturated carbocycles. The van der Waals surface area contributed by atoms with Crippen molar-refractivity contribution >= 4 is 22.3 Å². The lowest BCUT2D eigenvalue weighted by atomic mass is 9.96. The van der Waals surface area contributed by atoms with Gasteiger partial charge in [-0.3, -0.25) is 0 Å². The van der Waals surface area contributed by atoms with E-state index in [1.54, 1.807) is 0 Å². The highest BCUT2D eigenvalue weighted by molar-refractivity contribution is 7.16. The third-order valence-corrected chi connectivity index (χ3v) is 4.19. The van der Waals surface area contributed by atoms with Crippen LogP contribution in [0.2, 0.25) is 0 Å². The number of anilines is 1. The minimum absolute atomic E-state index is 0.0561. The van der Waals surface area contributed by atoms with Crippen molar-refractivity contribution < 1.29 is 9.53 Å². The summed E-state index contributed by atoms with van der Waals surface area (Å²) in [7, 11) is 0. The van der Waals surface area contributed by atoms with E-state index in [1.165, 1.54) is 16.9 Å². The molecule has 0 spiro atoms. The van der Waals surface area contributed by atoms with Gasteiger partial charge in [-0.15, -0.1) is 17.8 Å². The zero-order valence-electron chi connectivity index (χ0n) is 12.3. The molecule has 3 nitrogen and oxygen atoms in total. The molecule has 2 N–H and O–H groups in total. The lowest BCUT2D eigenvalue weighted by molar-refractivity contribution is 0.0559. The smallest absolute Gasteiger partial charge is 0.342 e. The van der Waals surface area contributed by atoms with Gasteiger partial charge >= 0.3 is 5.97 Å². The van der Waals surface area contributed by atoms with E-state index in [0.717, 1.165) is 21.6 Å². The van der Waals surface area contributed by atoms with Gasteiger partial charge in [0.25, 0.3) is 0 Å². The number of nitrogens with two attached hydrogens (primary N) is 1. The fraction of sp³-hybridized carbons (Fsp3) is 0.235. The number of ether oxygens (including phenoxy) is 1. The fourth-order valence-electron chi connectivity index (χ4n) is 2.37. The Morgan fingerprint density at radius 3 is 2.71 bits per heavy atom. The van der Waals surface area contributed by atoms with Crippen LogP contribution in [0.15, 0.2) is 18.2 Å². The molecule has 0 saturated heterocycles. The number of carbonyl (C=O) groups is 1. The maximum absolute atomic E-state index is 12.2. The van der Waals surface area contributed by atoms with Crippen LogP contribution in [0, 0.1) is 33.1 Å². The first-order valence-corrected chi connectivity index (χ1v) is 7.34. The van der Waals surface area contributed by atoms with Crippen LogP contribution < -0.4 is 5.73 Å². The van der Waals surface area contributed by atoms with Crippen LogP contribution in [0.4, 0.5) is 5.00 Å². The standard InChI is InChI=1S/C17H17NO2S/c1-5-8-20-17(19)15-14(12(4)21-16(15)18)13-7-6-10(2)9-11(13)3/h1,6-7,9H,8,18H2,2-4H3. The number of hydrogen-bond donors (Lipinski definition) is 1. The molecule has 0 atom stereocenters. The molecule has 4 heteroatoms. The first-order chi connectivity index (χ1) is 9.95. The van der Waals surface area contributed by atoms with E-state index in [2.05, 4.69) is 12.0 Å². The molecule has 0 radical (unpaired) electrons. The molecule has 2 rings (SSSR count). The van der Waals surface area contributed by atoms with E-state index in [1.807, 2.05) is 32.9 Å². The number of hydrogen-bond acceptors (Lipinski definition) is 4. The van der Waals surface area contributed by atoms with Crippen LogP contribution in [0.3, 0.4) is 0 Å². The number of rotatable bonds is 3. The van der Waals surface area contributed by atoms with Crippen molar-refractivity contribution in [2.24, 2.45) is 0 Å². The summed E-state index contributed by atoms with van der Waals surface area (Å²) < 4.78 is 5.05. The molecule has 1 heterocycles. The Morgan fingerprint density at radius 2 is 2.10 bits per heavy atom. The van der Waals surface area contributed by atoms with Gasteiger partial charge in [0.15, 0.2) is 6.61 Å². The zero-order valence-corrected chi connectivity index (χ0v) is 13.1. The lowest BCUT2D eigenvalue weighted by Gasteiger charge is -2.10. The van der Waals surface area contributed by atoms with E-state index in [-0.39, 0.29) is 6.61 Å². The predicted octanol–water partition coefficient (Wildman–Crippen LogP) is 3.71. The molecule has 0 fully saturated rings. The third-order valence-electron chi connectivity index (χ3n) is 3.25. The van der Waals surface area contributed by atoms with Crippen molar-refractivity contribution in [3.63, 3.8) is 0 Å². The summed E-state index contributed by atoms with van der Waals surface area (Å²) in [5.74, 6) is 1.82. The SMILES string of the molecule is C#CCOC(=O)c1c(N)sc(C)c1-c1ccc(C)cc1C. The normalized spacial score (nSPS) is 10.2. The van der Waals surface area contributed by atoms with Gasteiger partial charge in [0.1, 0.15) is 10.6 Å². The second-order valence-electron chi connectivity index (χ2n) is 4.87. The first-order valence-electron chi connectivity index (χ1n) is 6.52. The van der Waals surface area contributed by atoms with E-state index in [9.17, 15) is 4.79 Å². The summed E-state index contributed by atoms with van der Waals surface area (Å²) in [6.45, 7) is 5.95. The minimum atomic E-state index is -0.468. The topological polar surface area (TPSA) is 52.3 Å². The van der Waals surface area contributed by atoms with E-state index >= 15 is 0 Å². The molecule has 0 aliphatic carbocycles. The monoisotopic (exact) mass is 299 g/mol. The molecule has 0 amide bonds. The number of esters is 1. The molecule has 21 heavy (non-hydrogen) atoms. The van der Waals surface area contributed by atoms with E-state index in [4.69, 9.17) is 16.9 Å². The van der Waals surface area contributed by atoms with E-state index in [0.29, 0.717) is 10.6 Å². The average Bonchev–Trinajstić information content (AvgIpc) is 2.71. The van der Waals surface area contributed by atoms with Crippen molar-refractivity contribution in [2.45, 2.75) is 20.8 Å². The number of benzene rings is 1. The third kappa shape index (κ3) is 2.93. The number of thiophene rings is 1. The molecule has 0 aliphatic heterocycles. The Kier molecular flexibility index (Phi) is 4.35. The van der Waals surface area contributed by atoms with Gasteiger partial charge in [-0.1, -0.05) is 29.7 Å². The van der Waals surface area contributed by atoms with Crippen LogP contribution in [-0.4, -0.2) is 12.6 Å².